The Morgan fingerprint density at radius 1 is 1.53 bits per heavy atom. The number of rotatable bonds is 2. The first-order valence-electron chi connectivity index (χ1n) is 5.40. The van der Waals surface area contributed by atoms with E-state index in [-0.39, 0.29) is 5.97 Å². The van der Waals surface area contributed by atoms with Gasteiger partial charge in [-0.3, -0.25) is 0 Å². The van der Waals surface area contributed by atoms with Gasteiger partial charge in [0.1, 0.15) is 0 Å². The van der Waals surface area contributed by atoms with Crippen LogP contribution < -0.4 is 0 Å². The molecule has 88 valence electrons. The lowest BCUT2D eigenvalue weighted by Gasteiger charge is -2.31. The van der Waals surface area contributed by atoms with Gasteiger partial charge in [-0.15, -0.1) is 0 Å². The van der Waals surface area contributed by atoms with Crippen molar-refractivity contribution in [2.75, 3.05) is 7.11 Å². The molecule has 0 bridgehead atoms. The number of hydrogen-bond acceptors (Lipinski definition) is 2. The Morgan fingerprint density at radius 2 is 2.24 bits per heavy atom. The first-order valence-corrected chi connectivity index (χ1v) is 6.19. The fourth-order valence-electron chi connectivity index (χ4n) is 2.14. The number of nitrogens with zero attached hydrogens (tertiary/aromatic N) is 1. The zero-order valence-corrected chi connectivity index (χ0v) is 11.1. The third kappa shape index (κ3) is 1.96. The van der Waals surface area contributed by atoms with Crippen molar-refractivity contribution in [3.8, 4) is 0 Å². The highest BCUT2D eigenvalue weighted by atomic mass is 79.9. The monoisotopic (exact) mass is 293 g/mol. The molecule has 4 heteroatoms. The lowest BCUT2D eigenvalue weighted by Crippen LogP contribution is -2.32. The molecule has 1 aliphatic carbocycles. The minimum absolute atomic E-state index is 0.373. The smallest absolute Gasteiger partial charge is 0.338 e. The van der Waals surface area contributed by atoms with Gasteiger partial charge in [-0.1, -0.05) is 15.9 Å². The normalized spacial score (nSPS) is 16.8. The van der Waals surface area contributed by atoms with Crippen LogP contribution >= 0.6 is 15.9 Å². The van der Waals surface area contributed by atoms with Crippen LogP contribution in [-0.2, 0) is 10.3 Å². The van der Waals surface area contributed by atoms with E-state index in [4.69, 9.17) is 11.3 Å². The van der Waals surface area contributed by atoms with Crippen LogP contribution in [0.4, 0.5) is 0 Å². The van der Waals surface area contributed by atoms with Crippen LogP contribution in [-0.4, -0.2) is 13.1 Å². The Bertz CT molecular complexity index is 501. The van der Waals surface area contributed by atoms with Crippen LogP contribution in [0.1, 0.15) is 35.2 Å². The fraction of sp³-hybridized carbons (Fsp3) is 0.385. The molecular weight excluding hydrogens is 282 g/mol. The average Bonchev–Trinajstić information content (AvgIpc) is 2.28. The van der Waals surface area contributed by atoms with E-state index in [1.807, 2.05) is 6.07 Å². The second-order valence-corrected chi connectivity index (χ2v) is 5.09. The third-order valence-corrected chi connectivity index (χ3v) is 3.78. The zero-order chi connectivity index (χ0) is 12.5. The predicted molar refractivity (Wildman–Crippen MR) is 67.6 cm³/mol. The molecule has 1 fully saturated rings. The molecule has 0 saturated heterocycles. The highest BCUT2D eigenvalue weighted by molar-refractivity contribution is 9.10. The van der Waals surface area contributed by atoms with Crippen LogP contribution in [0.15, 0.2) is 22.7 Å². The summed E-state index contributed by atoms with van der Waals surface area (Å²) in [6, 6.07) is 5.38. The van der Waals surface area contributed by atoms with Crippen LogP contribution in [0.5, 0.6) is 0 Å². The van der Waals surface area contributed by atoms with Gasteiger partial charge < -0.3 is 9.58 Å². The Morgan fingerprint density at radius 3 is 2.71 bits per heavy atom. The van der Waals surface area contributed by atoms with Gasteiger partial charge in [-0.2, -0.15) is 0 Å². The molecule has 0 aliphatic heterocycles. The molecule has 1 aromatic carbocycles. The minimum Gasteiger partial charge on any atom is -0.465 e. The lowest BCUT2D eigenvalue weighted by molar-refractivity contribution is 0.0596. The van der Waals surface area contributed by atoms with E-state index in [1.165, 1.54) is 7.11 Å². The summed E-state index contributed by atoms with van der Waals surface area (Å²) >= 11 is 3.39. The molecule has 0 radical (unpaired) electrons. The van der Waals surface area contributed by atoms with Crippen molar-refractivity contribution in [1.82, 2.24) is 0 Å². The summed E-state index contributed by atoms with van der Waals surface area (Å²) in [5, 5.41) is 0. The SMILES string of the molecule is [C-]#[N+]C1(c2cc(Br)ccc2C(=O)OC)CCC1. The van der Waals surface area contributed by atoms with Crippen molar-refractivity contribution in [3.63, 3.8) is 0 Å². The molecule has 2 rings (SSSR count). The molecule has 1 saturated carbocycles. The van der Waals surface area contributed by atoms with Gasteiger partial charge >= 0.3 is 5.97 Å². The van der Waals surface area contributed by atoms with Crippen molar-refractivity contribution < 1.29 is 9.53 Å². The summed E-state index contributed by atoms with van der Waals surface area (Å²) in [5.41, 5.74) is 0.777. The van der Waals surface area contributed by atoms with E-state index < -0.39 is 5.54 Å². The van der Waals surface area contributed by atoms with Gasteiger partial charge in [-0.05, 0) is 24.6 Å². The van der Waals surface area contributed by atoms with Crippen molar-refractivity contribution in [2.24, 2.45) is 0 Å². The summed E-state index contributed by atoms with van der Waals surface area (Å²) in [4.78, 5) is 15.4. The maximum atomic E-state index is 11.7. The van der Waals surface area contributed by atoms with Crippen LogP contribution in [0.25, 0.3) is 4.85 Å². The van der Waals surface area contributed by atoms with Crippen LogP contribution in [0, 0.1) is 6.57 Å². The molecule has 1 aromatic rings. The number of esters is 1. The number of carbonyl (C=O) groups is 1. The van der Waals surface area contributed by atoms with Gasteiger partial charge in [0.25, 0.3) is 5.54 Å². The van der Waals surface area contributed by atoms with Gasteiger partial charge in [-0.25, -0.2) is 11.4 Å². The summed E-state index contributed by atoms with van der Waals surface area (Å²) in [6.07, 6.45) is 2.67. The van der Waals surface area contributed by atoms with Crippen LogP contribution in [0.3, 0.4) is 0 Å². The highest BCUT2D eigenvalue weighted by Gasteiger charge is 2.48. The maximum absolute atomic E-state index is 11.7. The van der Waals surface area contributed by atoms with Crippen molar-refractivity contribution in [1.29, 1.82) is 0 Å². The molecule has 3 nitrogen and oxygen atoms in total. The third-order valence-electron chi connectivity index (χ3n) is 3.28. The van der Waals surface area contributed by atoms with E-state index in [9.17, 15) is 4.79 Å². The minimum atomic E-state index is -0.521. The van der Waals surface area contributed by atoms with E-state index in [0.29, 0.717) is 5.56 Å². The standard InChI is InChI=1S/C13H12BrNO2/c1-15-13(6-3-7-13)11-8-9(14)4-5-10(11)12(16)17-2/h4-5,8H,3,6-7H2,2H3. The van der Waals surface area contributed by atoms with Gasteiger partial charge in [0, 0.05) is 17.3 Å². The van der Waals surface area contributed by atoms with E-state index >= 15 is 0 Å². The molecular formula is C13H12BrNO2. The molecule has 0 amide bonds. The number of benzene rings is 1. The number of ether oxygens (including phenoxy) is 1. The van der Waals surface area contributed by atoms with Gasteiger partial charge in [0.2, 0.25) is 0 Å². The topological polar surface area (TPSA) is 30.7 Å². The highest BCUT2D eigenvalue weighted by Crippen LogP contribution is 2.47. The lowest BCUT2D eigenvalue weighted by atomic mass is 9.71. The second-order valence-electron chi connectivity index (χ2n) is 4.18. The molecule has 0 atom stereocenters. The van der Waals surface area contributed by atoms with Gasteiger partial charge in [0.15, 0.2) is 0 Å². The van der Waals surface area contributed by atoms with Crippen molar-refractivity contribution in [3.05, 3.63) is 45.2 Å². The second kappa shape index (κ2) is 4.50. The summed E-state index contributed by atoms with van der Waals surface area (Å²) < 4.78 is 5.65. The number of carbonyl (C=O) groups excluding carboxylic acids is 1. The Balaban J connectivity index is 2.55. The summed E-state index contributed by atoms with van der Waals surface area (Å²) in [7, 11) is 1.36. The number of methoxy groups -OCH3 is 1. The molecule has 17 heavy (non-hydrogen) atoms. The largest absolute Gasteiger partial charge is 0.465 e. The summed E-state index contributed by atoms with van der Waals surface area (Å²) in [5.74, 6) is -0.373. The Kier molecular flexibility index (Phi) is 3.21. The van der Waals surface area contributed by atoms with Gasteiger partial charge in [0.05, 0.1) is 18.2 Å². The molecule has 0 N–H and O–H groups in total. The Labute approximate surface area is 109 Å². The predicted octanol–water partition coefficient (Wildman–Crippen LogP) is 3.53. The number of hydrogen-bond donors (Lipinski definition) is 0. The quantitative estimate of drug-likeness (QED) is 0.617. The van der Waals surface area contributed by atoms with E-state index in [1.54, 1.807) is 12.1 Å². The maximum Gasteiger partial charge on any atom is 0.338 e. The molecule has 0 aromatic heterocycles. The first kappa shape index (κ1) is 12.1. The summed E-state index contributed by atoms with van der Waals surface area (Å²) in [6.45, 7) is 7.37. The number of halogens is 1. The van der Waals surface area contributed by atoms with Crippen molar-refractivity contribution in [2.45, 2.75) is 24.8 Å². The molecule has 1 aliphatic rings. The fourth-order valence-corrected chi connectivity index (χ4v) is 2.50. The molecule has 0 spiro atoms. The van der Waals surface area contributed by atoms with E-state index in [2.05, 4.69) is 20.8 Å². The zero-order valence-electron chi connectivity index (χ0n) is 9.50. The van der Waals surface area contributed by atoms with E-state index in [0.717, 1.165) is 29.3 Å². The molecule has 0 unspecified atom stereocenters. The Hall–Kier alpha value is -1.34. The average molecular weight is 294 g/mol. The van der Waals surface area contributed by atoms with Crippen LogP contribution in [0.2, 0.25) is 0 Å². The first-order chi connectivity index (χ1) is 8.13. The van der Waals surface area contributed by atoms with Crippen molar-refractivity contribution >= 4 is 21.9 Å². The molecule has 0 heterocycles.